The molecular formula is C18H21BrN4O. The molecule has 2 aromatic rings. The molecule has 24 heavy (non-hydrogen) atoms. The third-order valence-electron chi connectivity index (χ3n) is 4.09. The minimum Gasteiger partial charge on any atom is -0.341 e. The first-order valence-corrected chi connectivity index (χ1v) is 9.00. The number of aryl methyl sites for hydroxylation is 2. The molecule has 0 unspecified atom stereocenters. The Morgan fingerprint density at radius 2 is 1.88 bits per heavy atom. The average Bonchev–Trinajstić information content (AvgIpc) is 2.57. The van der Waals surface area contributed by atoms with Crippen LogP contribution in [0.2, 0.25) is 0 Å². The van der Waals surface area contributed by atoms with Gasteiger partial charge in [0.15, 0.2) is 0 Å². The molecule has 126 valence electrons. The molecule has 1 aliphatic heterocycles. The number of carbonyl (C=O) groups is 1. The topological polar surface area (TPSA) is 58.1 Å². The zero-order valence-corrected chi connectivity index (χ0v) is 15.6. The van der Waals surface area contributed by atoms with Gasteiger partial charge in [-0.05, 0) is 72.8 Å². The Morgan fingerprint density at radius 3 is 2.58 bits per heavy atom. The molecule has 1 fully saturated rings. The molecule has 2 heterocycles. The first-order chi connectivity index (χ1) is 11.5. The number of hydrogen-bond acceptors (Lipinski definition) is 4. The van der Waals surface area contributed by atoms with Gasteiger partial charge in [-0.25, -0.2) is 9.97 Å². The van der Waals surface area contributed by atoms with E-state index >= 15 is 0 Å². The first-order valence-electron chi connectivity index (χ1n) is 8.21. The molecule has 1 amide bonds. The van der Waals surface area contributed by atoms with Gasteiger partial charge in [0.05, 0.1) is 5.69 Å². The van der Waals surface area contributed by atoms with Crippen LogP contribution in [-0.2, 0) is 0 Å². The van der Waals surface area contributed by atoms with Crippen LogP contribution < -0.4 is 10.2 Å². The molecule has 1 aromatic heterocycles. The molecule has 3 rings (SSSR count). The second-order valence-electron chi connectivity index (χ2n) is 6.18. The first kappa shape index (κ1) is 16.9. The van der Waals surface area contributed by atoms with Gasteiger partial charge >= 0.3 is 0 Å². The molecule has 0 bridgehead atoms. The number of anilines is 2. The van der Waals surface area contributed by atoms with E-state index in [1.807, 2.05) is 32.0 Å². The predicted octanol–water partition coefficient (Wildman–Crippen LogP) is 4.10. The number of hydrogen-bond donors (Lipinski definition) is 1. The Hall–Kier alpha value is -1.95. The van der Waals surface area contributed by atoms with Crippen molar-refractivity contribution in [1.29, 1.82) is 0 Å². The van der Waals surface area contributed by atoms with Gasteiger partial charge in [0.25, 0.3) is 5.91 Å². The van der Waals surface area contributed by atoms with E-state index in [0.29, 0.717) is 11.6 Å². The van der Waals surface area contributed by atoms with Crippen LogP contribution >= 0.6 is 15.9 Å². The van der Waals surface area contributed by atoms with Gasteiger partial charge in [0.1, 0.15) is 5.69 Å². The van der Waals surface area contributed by atoms with E-state index in [2.05, 4.69) is 36.1 Å². The number of rotatable bonds is 3. The van der Waals surface area contributed by atoms with E-state index in [1.165, 1.54) is 6.42 Å². The summed E-state index contributed by atoms with van der Waals surface area (Å²) in [6, 6.07) is 7.55. The van der Waals surface area contributed by atoms with Crippen LogP contribution in [-0.4, -0.2) is 29.0 Å². The van der Waals surface area contributed by atoms with Crippen molar-refractivity contribution in [2.24, 2.45) is 0 Å². The molecule has 1 aliphatic rings. The smallest absolute Gasteiger partial charge is 0.274 e. The van der Waals surface area contributed by atoms with Crippen LogP contribution in [0.15, 0.2) is 28.7 Å². The van der Waals surface area contributed by atoms with E-state index in [-0.39, 0.29) is 5.91 Å². The molecular weight excluding hydrogens is 368 g/mol. The number of benzene rings is 1. The zero-order valence-electron chi connectivity index (χ0n) is 14.0. The lowest BCUT2D eigenvalue weighted by Gasteiger charge is -2.27. The van der Waals surface area contributed by atoms with Crippen molar-refractivity contribution in [2.45, 2.75) is 33.1 Å². The Labute approximate surface area is 150 Å². The lowest BCUT2D eigenvalue weighted by atomic mass is 10.1. The van der Waals surface area contributed by atoms with E-state index in [0.717, 1.165) is 47.3 Å². The molecule has 0 spiro atoms. The number of carbonyl (C=O) groups excluding carboxylic acids is 1. The molecule has 0 aliphatic carbocycles. The van der Waals surface area contributed by atoms with Crippen LogP contribution in [0.25, 0.3) is 0 Å². The number of nitrogens with one attached hydrogen (secondary N) is 1. The van der Waals surface area contributed by atoms with Gasteiger partial charge in [0, 0.05) is 23.3 Å². The van der Waals surface area contributed by atoms with Crippen molar-refractivity contribution in [2.75, 3.05) is 23.3 Å². The summed E-state index contributed by atoms with van der Waals surface area (Å²) in [5.74, 6) is 0.436. The number of piperidine rings is 1. The summed E-state index contributed by atoms with van der Waals surface area (Å²) in [6.07, 6.45) is 3.54. The molecule has 1 N–H and O–H groups in total. The summed E-state index contributed by atoms with van der Waals surface area (Å²) in [4.78, 5) is 23.7. The van der Waals surface area contributed by atoms with Crippen molar-refractivity contribution >= 4 is 33.5 Å². The van der Waals surface area contributed by atoms with Crippen molar-refractivity contribution < 1.29 is 4.79 Å². The van der Waals surface area contributed by atoms with Gasteiger partial charge in [-0.2, -0.15) is 0 Å². The number of aromatic nitrogens is 2. The highest BCUT2D eigenvalue weighted by molar-refractivity contribution is 9.10. The minimum atomic E-state index is -0.219. The SMILES string of the molecule is Cc1ccc(NC(=O)c2cc(C)nc(N3CCCCC3)n2)c(Br)c1. The standard InChI is InChI=1S/C18H21BrN4O/c1-12-6-7-15(14(19)10-12)21-17(24)16-11-13(2)20-18(22-16)23-8-4-3-5-9-23/h6-7,10-11H,3-5,8-9H2,1-2H3,(H,21,24). The van der Waals surface area contributed by atoms with Crippen molar-refractivity contribution in [3.63, 3.8) is 0 Å². The fourth-order valence-corrected chi connectivity index (χ4v) is 3.40. The van der Waals surface area contributed by atoms with E-state index in [9.17, 15) is 4.79 Å². The molecule has 1 saturated heterocycles. The largest absolute Gasteiger partial charge is 0.341 e. The number of halogens is 1. The summed E-state index contributed by atoms with van der Waals surface area (Å²) in [7, 11) is 0. The van der Waals surface area contributed by atoms with Gasteiger partial charge in [-0.1, -0.05) is 6.07 Å². The summed E-state index contributed by atoms with van der Waals surface area (Å²) in [6.45, 7) is 5.81. The monoisotopic (exact) mass is 388 g/mol. The maximum absolute atomic E-state index is 12.6. The van der Waals surface area contributed by atoms with Gasteiger partial charge in [0.2, 0.25) is 5.95 Å². The lowest BCUT2D eigenvalue weighted by Crippen LogP contribution is -2.31. The maximum Gasteiger partial charge on any atom is 0.274 e. The van der Waals surface area contributed by atoms with Gasteiger partial charge < -0.3 is 10.2 Å². The molecule has 0 radical (unpaired) electrons. The summed E-state index contributed by atoms with van der Waals surface area (Å²) in [5.41, 5.74) is 3.07. The fourth-order valence-electron chi connectivity index (χ4n) is 2.81. The third-order valence-corrected chi connectivity index (χ3v) is 4.74. The highest BCUT2D eigenvalue weighted by atomic mass is 79.9. The van der Waals surface area contributed by atoms with Crippen LogP contribution in [0.3, 0.4) is 0 Å². The molecule has 1 aromatic carbocycles. The number of amides is 1. The van der Waals surface area contributed by atoms with Crippen LogP contribution in [0, 0.1) is 13.8 Å². The third kappa shape index (κ3) is 3.93. The second-order valence-corrected chi connectivity index (χ2v) is 7.03. The van der Waals surface area contributed by atoms with Gasteiger partial charge in [-0.15, -0.1) is 0 Å². The summed E-state index contributed by atoms with van der Waals surface area (Å²) < 4.78 is 0.859. The molecule has 6 heteroatoms. The van der Waals surface area contributed by atoms with E-state index < -0.39 is 0 Å². The lowest BCUT2D eigenvalue weighted by molar-refractivity contribution is 0.102. The molecule has 0 saturated carbocycles. The average molecular weight is 389 g/mol. The summed E-state index contributed by atoms with van der Waals surface area (Å²) >= 11 is 3.48. The van der Waals surface area contributed by atoms with Crippen molar-refractivity contribution in [3.05, 3.63) is 45.7 Å². The van der Waals surface area contributed by atoms with Crippen LogP contribution in [0.1, 0.15) is 41.0 Å². The van der Waals surface area contributed by atoms with Gasteiger partial charge in [-0.3, -0.25) is 4.79 Å². The van der Waals surface area contributed by atoms with E-state index in [1.54, 1.807) is 6.07 Å². The normalized spacial score (nSPS) is 14.5. The summed E-state index contributed by atoms with van der Waals surface area (Å²) in [5, 5.41) is 2.92. The number of nitrogens with zero attached hydrogens (tertiary/aromatic N) is 3. The van der Waals surface area contributed by atoms with Crippen molar-refractivity contribution in [1.82, 2.24) is 9.97 Å². The quantitative estimate of drug-likeness (QED) is 0.859. The Morgan fingerprint density at radius 1 is 1.12 bits per heavy atom. The van der Waals surface area contributed by atoms with Crippen LogP contribution in [0.4, 0.5) is 11.6 Å². The molecule has 5 nitrogen and oxygen atoms in total. The van der Waals surface area contributed by atoms with Crippen LogP contribution in [0.5, 0.6) is 0 Å². The second kappa shape index (κ2) is 7.30. The maximum atomic E-state index is 12.6. The molecule has 0 atom stereocenters. The fraction of sp³-hybridized carbons (Fsp3) is 0.389. The highest BCUT2D eigenvalue weighted by Gasteiger charge is 2.17. The Kier molecular flexibility index (Phi) is 5.14. The zero-order chi connectivity index (χ0) is 17.1. The Bertz CT molecular complexity index is 757. The minimum absolute atomic E-state index is 0.219. The highest BCUT2D eigenvalue weighted by Crippen LogP contribution is 2.24. The Balaban J connectivity index is 1.82. The predicted molar refractivity (Wildman–Crippen MR) is 99.7 cm³/mol. The van der Waals surface area contributed by atoms with E-state index in [4.69, 9.17) is 0 Å². The van der Waals surface area contributed by atoms with Crippen molar-refractivity contribution in [3.8, 4) is 0 Å².